The van der Waals surface area contributed by atoms with Gasteiger partial charge in [0.1, 0.15) is 6.04 Å². The largest absolute Gasteiger partial charge is 0.481 e. The van der Waals surface area contributed by atoms with Crippen LogP contribution in [0.5, 0.6) is 0 Å². The Morgan fingerprint density at radius 3 is 2.22 bits per heavy atom. The summed E-state index contributed by atoms with van der Waals surface area (Å²) in [6, 6.07) is -1.65. The Labute approximate surface area is 106 Å². The van der Waals surface area contributed by atoms with Gasteiger partial charge >= 0.3 is 18.0 Å². The number of nitrogens with one attached hydrogen (secondary N) is 2. The minimum atomic E-state index is -1.17. The maximum atomic E-state index is 11.4. The van der Waals surface area contributed by atoms with E-state index in [1.54, 1.807) is 6.92 Å². The van der Waals surface area contributed by atoms with Gasteiger partial charge in [-0.25, -0.2) is 9.59 Å². The average Bonchev–Trinajstić information content (AvgIpc) is 2.26. The highest BCUT2D eigenvalue weighted by Gasteiger charge is 2.20. The Kier molecular flexibility index (Phi) is 7.50. The molecule has 0 saturated heterocycles. The van der Waals surface area contributed by atoms with Crippen LogP contribution in [0, 0.1) is 0 Å². The van der Waals surface area contributed by atoms with Gasteiger partial charge < -0.3 is 20.8 Å². The first-order chi connectivity index (χ1) is 8.36. The zero-order chi connectivity index (χ0) is 14.1. The second kappa shape index (κ2) is 8.32. The number of rotatable bonds is 8. The van der Waals surface area contributed by atoms with Crippen molar-refractivity contribution in [2.75, 3.05) is 0 Å². The Hall–Kier alpha value is -1.79. The van der Waals surface area contributed by atoms with Crippen molar-refractivity contribution in [3.8, 4) is 0 Å². The Morgan fingerprint density at radius 2 is 1.78 bits per heavy atom. The summed E-state index contributed by atoms with van der Waals surface area (Å²) in [7, 11) is 0. The van der Waals surface area contributed by atoms with Gasteiger partial charge in [-0.3, -0.25) is 4.79 Å². The van der Waals surface area contributed by atoms with E-state index in [4.69, 9.17) is 10.2 Å². The molecule has 0 heterocycles. The highest BCUT2D eigenvalue weighted by atomic mass is 16.4. The summed E-state index contributed by atoms with van der Waals surface area (Å²) in [6.45, 7) is 3.70. The van der Waals surface area contributed by atoms with Crippen LogP contribution in [0.25, 0.3) is 0 Å². The van der Waals surface area contributed by atoms with Crippen molar-refractivity contribution in [1.82, 2.24) is 10.6 Å². The molecule has 0 aromatic rings. The molecule has 0 aliphatic heterocycles. The number of urea groups is 1. The predicted molar refractivity (Wildman–Crippen MR) is 64.3 cm³/mol. The van der Waals surface area contributed by atoms with Gasteiger partial charge in [0, 0.05) is 12.5 Å². The molecule has 0 radical (unpaired) electrons. The summed E-state index contributed by atoms with van der Waals surface area (Å²) in [5.41, 5.74) is 0. The molecule has 0 fully saturated rings. The third-order valence-corrected chi connectivity index (χ3v) is 2.48. The van der Waals surface area contributed by atoms with Crippen molar-refractivity contribution in [1.29, 1.82) is 0 Å². The highest BCUT2D eigenvalue weighted by Crippen LogP contribution is 2.02. The lowest BCUT2D eigenvalue weighted by atomic mass is 10.1. The van der Waals surface area contributed by atoms with E-state index < -0.39 is 24.0 Å². The molecule has 0 aromatic heterocycles. The van der Waals surface area contributed by atoms with Crippen LogP contribution in [0.15, 0.2) is 0 Å². The highest BCUT2D eigenvalue weighted by molar-refractivity contribution is 5.82. The van der Waals surface area contributed by atoms with E-state index in [-0.39, 0.29) is 25.3 Å². The summed E-state index contributed by atoms with van der Waals surface area (Å²) in [5.74, 6) is -2.15. The number of carbonyl (C=O) groups excluding carboxylic acids is 1. The maximum absolute atomic E-state index is 11.4. The number of carboxylic acid groups (broad SMARTS) is 2. The van der Waals surface area contributed by atoms with E-state index in [2.05, 4.69) is 10.6 Å². The summed E-state index contributed by atoms with van der Waals surface area (Å²) >= 11 is 0. The van der Waals surface area contributed by atoms with Gasteiger partial charge in [-0.05, 0) is 26.2 Å². The molecule has 104 valence electrons. The van der Waals surface area contributed by atoms with Gasteiger partial charge in [0.25, 0.3) is 0 Å². The SMILES string of the molecule is CCC(C)NC(=O)N[C@H](CCCC(=O)O)C(=O)O. The quantitative estimate of drug-likeness (QED) is 0.515. The smallest absolute Gasteiger partial charge is 0.326 e. The normalized spacial score (nSPS) is 13.4. The summed E-state index contributed by atoms with van der Waals surface area (Å²) in [5, 5.41) is 22.2. The van der Waals surface area contributed by atoms with Crippen molar-refractivity contribution < 1.29 is 24.6 Å². The van der Waals surface area contributed by atoms with Crippen LogP contribution < -0.4 is 10.6 Å². The minimum Gasteiger partial charge on any atom is -0.481 e. The molecule has 18 heavy (non-hydrogen) atoms. The first-order valence-corrected chi connectivity index (χ1v) is 5.88. The molecule has 2 amide bonds. The van der Waals surface area contributed by atoms with Gasteiger partial charge in [-0.15, -0.1) is 0 Å². The Bertz CT molecular complexity index is 306. The first kappa shape index (κ1) is 16.2. The molecule has 0 bridgehead atoms. The van der Waals surface area contributed by atoms with Crippen LogP contribution in [0.1, 0.15) is 39.5 Å². The van der Waals surface area contributed by atoms with E-state index in [1.165, 1.54) is 0 Å². The van der Waals surface area contributed by atoms with Crippen LogP contribution in [0.3, 0.4) is 0 Å². The number of hydrogen-bond donors (Lipinski definition) is 4. The van der Waals surface area contributed by atoms with E-state index in [1.807, 2.05) is 6.92 Å². The number of amides is 2. The number of hydrogen-bond acceptors (Lipinski definition) is 3. The van der Waals surface area contributed by atoms with Crippen LogP contribution >= 0.6 is 0 Å². The van der Waals surface area contributed by atoms with E-state index in [0.717, 1.165) is 6.42 Å². The number of carbonyl (C=O) groups is 3. The maximum Gasteiger partial charge on any atom is 0.326 e. The molecule has 1 unspecified atom stereocenters. The van der Waals surface area contributed by atoms with Gasteiger partial charge in [-0.1, -0.05) is 6.92 Å². The third-order valence-electron chi connectivity index (χ3n) is 2.48. The lowest BCUT2D eigenvalue weighted by Crippen LogP contribution is -2.48. The summed E-state index contributed by atoms with van der Waals surface area (Å²) in [6.07, 6.45) is 0.925. The van der Waals surface area contributed by atoms with Crippen molar-refractivity contribution in [2.24, 2.45) is 0 Å². The van der Waals surface area contributed by atoms with Crippen molar-refractivity contribution >= 4 is 18.0 Å². The predicted octanol–water partition coefficient (Wildman–Crippen LogP) is 0.792. The van der Waals surface area contributed by atoms with Crippen LogP contribution in [0.4, 0.5) is 4.79 Å². The summed E-state index contributed by atoms with van der Waals surface area (Å²) in [4.78, 5) is 32.6. The Morgan fingerprint density at radius 1 is 1.17 bits per heavy atom. The second-order valence-corrected chi connectivity index (χ2v) is 4.10. The van der Waals surface area contributed by atoms with E-state index >= 15 is 0 Å². The third kappa shape index (κ3) is 7.48. The molecule has 0 aliphatic rings. The standard InChI is InChI=1S/C11H20N2O5/c1-3-7(2)12-11(18)13-8(10(16)17)5-4-6-9(14)15/h7-8H,3-6H2,1-2H3,(H,14,15)(H,16,17)(H2,12,13,18)/t7?,8-/m1/s1. The minimum absolute atomic E-state index is 0.0431. The van der Waals surface area contributed by atoms with Crippen LogP contribution in [-0.2, 0) is 9.59 Å². The molecule has 0 aliphatic carbocycles. The van der Waals surface area contributed by atoms with Gasteiger partial charge in [0.15, 0.2) is 0 Å². The van der Waals surface area contributed by atoms with Crippen LogP contribution in [-0.4, -0.2) is 40.3 Å². The second-order valence-electron chi connectivity index (χ2n) is 4.10. The number of carboxylic acids is 2. The monoisotopic (exact) mass is 260 g/mol. The zero-order valence-corrected chi connectivity index (χ0v) is 10.6. The lowest BCUT2D eigenvalue weighted by Gasteiger charge is -2.17. The molecule has 7 heteroatoms. The molecule has 0 spiro atoms. The zero-order valence-electron chi connectivity index (χ0n) is 10.6. The molecule has 4 N–H and O–H groups in total. The van der Waals surface area contributed by atoms with Gasteiger partial charge in [0.2, 0.25) is 0 Å². The fourth-order valence-corrected chi connectivity index (χ4v) is 1.24. The van der Waals surface area contributed by atoms with E-state index in [9.17, 15) is 14.4 Å². The van der Waals surface area contributed by atoms with Crippen LogP contribution in [0.2, 0.25) is 0 Å². The topological polar surface area (TPSA) is 116 Å². The van der Waals surface area contributed by atoms with Gasteiger partial charge in [-0.2, -0.15) is 0 Å². The average molecular weight is 260 g/mol. The lowest BCUT2D eigenvalue weighted by molar-refractivity contribution is -0.140. The molecule has 0 rings (SSSR count). The molecule has 2 atom stereocenters. The van der Waals surface area contributed by atoms with Crippen molar-refractivity contribution in [2.45, 2.75) is 51.6 Å². The molecular weight excluding hydrogens is 240 g/mol. The van der Waals surface area contributed by atoms with E-state index in [0.29, 0.717) is 0 Å². The van der Waals surface area contributed by atoms with Crippen molar-refractivity contribution in [3.63, 3.8) is 0 Å². The number of aliphatic carboxylic acids is 2. The van der Waals surface area contributed by atoms with Crippen molar-refractivity contribution in [3.05, 3.63) is 0 Å². The molecule has 7 nitrogen and oxygen atoms in total. The van der Waals surface area contributed by atoms with Gasteiger partial charge in [0.05, 0.1) is 0 Å². The molecular formula is C11H20N2O5. The molecule has 0 aromatic carbocycles. The summed E-state index contributed by atoms with van der Waals surface area (Å²) < 4.78 is 0. The fraction of sp³-hybridized carbons (Fsp3) is 0.727. The first-order valence-electron chi connectivity index (χ1n) is 5.88. The Balaban J connectivity index is 4.14. The fourth-order valence-electron chi connectivity index (χ4n) is 1.24. The molecule has 0 saturated carbocycles.